The predicted octanol–water partition coefficient (Wildman–Crippen LogP) is 5.62. The summed E-state index contributed by atoms with van der Waals surface area (Å²) in [5, 5.41) is 3.44. The molecule has 1 N–H and O–H groups in total. The minimum Gasteiger partial charge on any atom is -0.454 e. The van der Waals surface area contributed by atoms with Gasteiger partial charge in [0.2, 0.25) is 6.79 Å². The lowest BCUT2D eigenvalue weighted by molar-refractivity contribution is -0.124. The third-order valence-corrected chi connectivity index (χ3v) is 6.58. The Kier molecular flexibility index (Phi) is 7.03. The fourth-order valence-electron chi connectivity index (χ4n) is 4.22. The van der Waals surface area contributed by atoms with Crippen molar-refractivity contribution in [3.05, 3.63) is 89.5 Å². The van der Waals surface area contributed by atoms with Gasteiger partial charge in [0.25, 0.3) is 5.91 Å². The van der Waals surface area contributed by atoms with E-state index in [1.54, 1.807) is 12.1 Å². The highest BCUT2D eigenvalue weighted by Gasteiger charge is 2.18. The van der Waals surface area contributed by atoms with Gasteiger partial charge in [0.1, 0.15) is 0 Å². The van der Waals surface area contributed by atoms with E-state index in [0.29, 0.717) is 39.6 Å². The molecule has 0 saturated carbocycles. The summed E-state index contributed by atoms with van der Waals surface area (Å²) in [7, 11) is 0. The molecule has 0 aliphatic carbocycles. The van der Waals surface area contributed by atoms with Gasteiger partial charge in [0.15, 0.2) is 18.1 Å². The van der Waals surface area contributed by atoms with Gasteiger partial charge in [0.05, 0.1) is 16.8 Å². The maximum Gasteiger partial charge on any atom is 0.339 e. The molecule has 37 heavy (non-hydrogen) atoms. The summed E-state index contributed by atoms with van der Waals surface area (Å²) in [4.78, 5) is 30.2. The Labute approximate surface area is 215 Å². The number of aromatic nitrogens is 1. The van der Waals surface area contributed by atoms with E-state index in [9.17, 15) is 9.59 Å². The number of para-hydroxylation sites is 1. The van der Waals surface area contributed by atoms with Crippen molar-refractivity contribution in [2.75, 3.05) is 13.4 Å². The maximum absolute atomic E-state index is 13.1. The van der Waals surface area contributed by atoms with Crippen LogP contribution in [0.3, 0.4) is 0 Å². The topological polar surface area (TPSA) is 86.8 Å². The van der Waals surface area contributed by atoms with Crippen LogP contribution in [-0.4, -0.2) is 30.3 Å². The van der Waals surface area contributed by atoms with Crippen molar-refractivity contribution in [1.29, 1.82) is 0 Å². The van der Waals surface area contributed by atoms with Crippen molar-refractivity contribution >= 4 is 22.8 Å². The summed E-state index contributed by atoms with van der Waals surface area (Å²) in [5.41, 5.74) is 4.76. The third kappa shape index (κ3) is 5.40. The van der Waals surface area contributed by atoms with Gasteiger partial charge in [-0.3, -0.25) is 4.79 Å². The van der Waals surface area contributed by atoms with Gasteiger partial charge >= 0.3 is 5.97 Å². The van der Waals surface area contributed by atoms with Crippen LogP contribution in [0.2, 0.25) is 0 Å². The average molecular weight is 497 g/mol. The van der Waals surface area contributed by atoms with E-state index >= 15 is 0 Å². The lowest BCUT2D eigenvalue weighted by Crippen LogP contribution is -2.28. The Hall–Kier alpha value is -4.39. The van der Waals surface area contributed by atoms with Crippen LogP contribution in [0.1, 0.15) is 47.7 Å². The molecule has 1 aliphatic rings. The molecule has 3 aromatic carbocycles. The smallest absolute Gasteiger partial charge is 0.339 e. The molecule has 2 heterocycles. The zero-order valence-electron chi connectivity index (χ0n) is 20.8. The van der Waals surface area contributed by atoms with Crippen molar-refractivity contribution < 1.29 is 23.8 Å². The van der Waals surface area contributed by atoms with Crippen molar-refractivity contribution in [2.45, 2.75) is 32.7 Å². The van der Waals surface area contributed by atoms with Crippen LogP contribution in [0.15, 0.2) is 72.8 Å². The number of fused-ring (bicyclic) bond motifs is 2. The van der Waals surface area contributed by atoms with Gasteiger partial charge in [-0.25, -0.2) is 9.78 Å². The first-order chi connectivity index (χ1) is 18.0. The van der Waals surface area contributed by atoms with Crippen LogP contribution in [0, 0.1) is 0 Å². The molecule has 4 aromatic rings. The highest BCUT2D eigenvalue weighted by atomic mass is 16.7. The number of hydrogen-bond donors (Lipinski definition) is 1. The number of nitrogens with one attached hydrogen (secondary N) is 1. The van der Waals surface area contributed by atoms with Crippen molar-refractivity contribution in [2.24, 2.45) is 0 Å². The van der Waals surface area contributed by atoms with E-state index in [0.717, 1.165) is 17.5 Å². The van der Waals surface area contributed by atoms with E-state index in [4.69, 9.17) is 19.2 Å². The van der Waals surface area contributed by atoms with Gasteiger partial charge in [-0.15, -0.1) is 0 Å². The van der Waals surface area contributed by atoms with Crippen molar-refractivity contribution in [3.8, 4) is 22.8 Å². The lowest BCUT2D eigenvalue weighted by Gasteiger charge is -2.12. The minimum absolute atomic E-state index is 0.190. The lowest BCUT2D eigenvalue weighted by atomic mass is 9.96. The first kappa shape index (κ1) is 24.3. The van der Waals surface area contributed by atoms with Crippen LogP contribution < -0.4 is 14.8 Å². The van der Waals surface area contributed by atoms with Crippen LogP contribution in [0.4, 0.5) is 0 Å². The summed E-state index contributed by atoms with van der Waals surface area (Å²) in [6.07, 6.45) is 1.06. The third-order valence-electron chi connectivity index (χ3n) is 6.58. The molecule has 0 fully saturated rings. The minimum atomic E-state index is -0.575. The second-order valence-corrected chi connectivity index (χ2v) is 9.04. The highest BCUT2D eigenvalue weighted by Crippen LogP contribution is 2.32. The monoisotopic (exact) mass is 496 g/mol. The number of nitrogens with zero attached hydrogens (tertiary/aromatic N) is 1. The molecule has 7 nitrogen and oxygen atoms in total. The van der Waals surface area contributed by atoms with Crippen LogP contribution in [-0.2, 0) is 16.1 Å². The number of hydrogen-bond acceptors (Lipinski definition) is 6. The molecular formula is C30H28N2O5. The Morgan fingerprint density at radius 1 is 1.00 bits per heavy atom. The number of pyridine rings is 1. The summed E-state index contributed by atoms with van der Waals surface area (Å²) < 4.78 is 16.1. The molecule has 7 heteroatoms. The van der Waals surface area contributed by atoms with Crippen LogP contribution >= 0.6 is 0 Å². The molecule has 1 aliphatic heterocycles. The number of ether oxygens (including phenoxy) is 3. The number of carbonyl (C=O) groups excluding carboxylic acids is 2. The summed E-state index contributed by atoms with van der Waals surface area (Å²) >= 11 is 0. The number of rotatable bonds is 8. The number of benzene rings is 3. The first-order valence-electron chi connectivity index (χ1n) is 12.3. The number of carbonyl (C=O) groups is 2. The van der Waals surface area contributed by atoms with Crippen LogP contribution in [0.25, 0.3) is 22.2 Å². The van der Waals surface area contributed by atoms with E-state index in [1.165, 1.54) is 5.56 Å². The normalized spacial score (nSPS) is 12.8. The van der Waals surface area contributed by atoms with Gasteiger partial charge in [-0.1, -0.05) is 62.4 Å². The molecule has 0 bridgehead atoms. The van der Waals surface area contributed by atoms with E-state index in [1.807, 2.05) is 48.5 Å². The Morgan fingerprint density at radius 3 is 2.59 bits per heavy atom. The van der Waals surface area contributed by atoms with Crippen molar-refractivity contribution in [1.82, 2.24) is 10.3 Å². The van der Waals surface area contributed by atoms with E-state index in [2.05, 4.69) is 31.3 Å². The van der Waals surface area contributed by atoms with Gasteiger partial charge < -0.3 is 19.5 Å². The first-order valence-corrected chi connectivity index (χ1v) is 12.3. The summed E-state index contributed by atoms with van der Waals surface area (Å²) in [5.74, 6) is 0.826. The molecule has 0 saturated heterocycles. The molecule has 0 radical (unpaired) electrons. The Bertz CT molecular complexity index is 1450. The second kappa shape index (κ2) is 10.7. The standard InChI is InChI=1S/C30H28N2O5/c1-3-19(2)21-9-11-22(12-10-21)26-15-24(23-6-4-5-7-25(23)32-26)30(34)35-17-29(33)31-16-20-8-13-27-28(14-20)37-18-36-27/h4-15,19H,3,16-18H2,1-2H3,(H,31,33). The molecule has 1 atom stereocenters. The molecular weight excluding hydrogens is 468 g/mol. The molecule has 0 spiro atoms. The van der Waals surface area contributed by atoms with Crippen LogP contribution in [0.5, 0.6) is 11.5 Å². The van der Waals surface area contributed by atoms with Gasteiger partial charge in [0, 0.05) is 17.5 Å². The summed E-state index contributed by atoms with van der Waals surface area (Å²) in [6, 6.07) is 22.9. The Balaban J connectivity index is 1.28. The average Bonchev–Trinajstić information content (AvgIpc) is 3.42. The fourth-order valence-corrected chi connectivity index (χ4v) is 4.22. The number of esters is 1. The van der Waals surface area contributed by atoms with E-state index in [-0.39, 0.29) is 19.9 Å². The zero-order chi connectivity index (χ0) is 25.8. The number of amides is 1. The molecule has 188 valence electrons. The van der Waals surface area contributed by atoms with Crippen molar-refractivity contribution in [3.63, 3.8) is 0 Å². The molecule has 5 rings (SSSR count). The van der Waals surface area contributed by atoms with E-state index < -0.39 is 11.9 Å². The molecule has 1 amide bonds. The predicted molar refractivity (Wildman–Crippen MR) is 141 cm³/mol. The quantitative estimate of drug-likeness (QED) is 0.319. The highest BCUT2D eigenvalue weighted by molar-refractivity contribution is 6.05. The molecule has 1 aromatic heterocycles. The van der Waals surface area contributed by atoms with Gasteiger partial charge in [-0.05, 0) is 47.7 Å². The maximum atomic E-state index is 13.1. The molecule has 1 unspecified atom stereocenters. The SMILES string of the molecule is CCC(C)c1ccc(-c2cc(C(=O)OCC(=O)NCc3ccc4c(c3)OCO4)c3ccccc3n2)cc1. The Morgan fingerprint density at radius 2 is 1.78 bits per heavy atom. The zero-order valence-corrected chi connectivity index (χ0v) is 20.8. The second-order valence-electron chi connectivity index (χ2n) is 9.04. The van der Waals surface area contributed by atoms with Gasteiger partial charge in [-0.2, -0.15) is 0 Å². The fraction of sp³-hybridized carbons (Fsp3) is 0.233. The largest absolute Gasteiger partial charge is 0.454 e. The summed E-state index contributed by atoms with van der Waals surface area (Å²) in [6.45, 7) is 4.44.